The predicted octanol–water partition coefficient (Wildman–Crippen LogP) is 5.59. The second-order valence-electron chi connectivity index (χ2n) is 8.66. The number of nitrogens with zero attached hydrogens (tertiary/aromatic N) is 4. The van der Waals surface area contributed by atoms with Crippen molar-refractivity contribution >= 4 is 51.7 Å². The summed E-state index contributed by atoms with van der Waals surface area (Å²) < 4.78 is 2.05. The van der Waals surface area contributed by atoms with E-state index in [9.17, 15) is 9.59 Å². The highest BCUT2D eigenvalue weighted by atomic mass is 32.2. The molecule has 0 spiro atoms. The van der Waals surface area contributed by atoms with E-state index in [0.717, 1.165) is 37.1 Å². The third kappa shape index (κ3) is 4.90. The quantitative estimate of drug-likeness (QED) is 0.293. The standard InChI is InChI=1S/C27H30N4O2S2/c1-5-14-29(15-6-2)24-21(25(32)30-16-10-11-18(3)23(30)28-24)17-22-26(33)31(27(34)35-22)19(4)20-12-8-7-9-13-20/h7-13,16-17,19H,5-6,14-15H2,1-4H3/b22-17-/t19-/m0/s1. The molecule has 0 bridgehead atoms. The molecule has 0 unspecified atom stereocenters. The van der Waals surface area contributed by atoms with Crippen LogP contribution in [-0.2, 0) is 4.79 Å². The van der Waals surface area contributed by atoms with Crippen LogP contribution in [0.15, 0.2) is 58.4 Å². The number of hydrogen-bond donors (Lipinski definition) is 0. The molecule has 8 heteroatoms. The Morgan fingerprint density at radius 1 is 1.09 bits per heavy atom. The molecule has 0 aliphatic carbocycles. The minimum Gasteiger partial charge on any atom is -0.356 e. The zero-order valence-electron chi connectivity index (χ0n) is 20.5. The van der Waals surface area contributed by atoms with Crippen molar-refractivity contribution in [2.24, 2.45) is 0 Å². The molecule has 1 aromatic carbocycles. The maximum Gasteiger partial charge on any atom is 0.267 e. The minimum atomic E-state index is -0.204. The molecule has 1 aliphatic rings. The van der Waals surface area contributed by atoms with Gasteiger partial charge < -0.3 is 4.90 Å². The maximum atomic E-state index is 13.7. The number of hydrogen-bond acceptors (Lipinski definition) is 6. The van der Waals surface area contributed by atoms with E-state index in [2.05, 4.69) is 18.7 Å². The molecule has 6 nitrogen and oxygen atoms in total. The van der Waals surface area contributed by atoms with E-state index in [-0.39, 0.29) is 17.5 Å². The number of fused-ring (bicyclic) bond motifs is 1. The van der Waals surface area contributed by atoms with Gasteiger partial charge in [0.25, 0.3) is 11.5 Å². The van der Waals surface area contributed by atoms with E-state index in [1.165, 1.54) is 11.8 Å². The minimum absolute atomic E-state index is 0.187. The highest BCUT2D eigenvalue weighted by Crippen LogP contribution is 2.38. The van der Waals surface area contributed by atoms with Crippen LogP contribution in [-0.4, -0.2) is 37.6 Å². The fraction of sp³-hybridized carbons (Fsp3) is 0.333. The molecule has 1 atom stereocenters. The van der Waals surface area contributed by atoms with Crippen molar-refractivity contribution in [1.29, 1.82) is 0 Å². The summed E-state index contributed by atoms with van der Waals surface area (Å²) in [4.78, 5) is 36.4. The Balaban J connectivity index is 1.84. The van der Waals surface area contributed by atoms with E-state index in [0.29, 0.717) is 26.3 Å². The molecule has 1 aliphatic heterocycles. The van der Waals surface area contributed by atoms with Crippen LogP contribution in [0.3, 0.4) is 0 Å². The molecule has 3 aromatic rings. The number of carbonyl (C=O) groups is 1. The van der Waals surface area contributed by atoms with Crippen molar-refractivity contribution in [3.63, 3.8) is 0 Å². The summed E-state index contributed by atoms with van der Waals surface area (Å²) in [6.07, 6.45) is 5.26. The van der Waals surface area contributed by atoms with Crippen LogP contribution in [0.2, 0.25) is 0 Å². The number of amides is 1. The highest BCUT2D eigenvalue weighted by Gasteiger charge is 2.36. The third-order valence-electron chi connectivity index (χ3n) is 6.12. The lowest BCUT2D eigenvalue weighted by Crippen LogP contribution is -2.32. The van der Waals surface area contributed by atoms with Crippen LogP contribution in [0.25, 0.3) is 11.7 Å². The first-order valence-electron chi connectivity index (χ1n) is 12.0. The van der Waals surface area contributed by atoms with Crippen molar-refractivity contribution in [1.82, 2.24) is 14.3 Å². The van der Waals surface area contributed by atoms with Gasteiger partial charge in [-0.05, 0) is 50.0 Å². The third-order valence-corrected chi connectivity index (χ3v) is 7.45. The summed E-state index contributed by atoms with van der Waals surface area (Å²) in [5, 5.41) is 0. The summed E-state index contributed by atoms with van der Waals surface area (Å²) in [6.45, 7) is 9.68. The molecule has 0 radical (unpaired) electrons. The molecule has 2 aromatic heterocycles. The molecular formula is C27H30N4O2S2. The summed E-state index contributed by atoms with van der Waals surface area (Å²) >= 11 is 6.84. The van der Waals surface area contributed by atoms with Gasteiger partial charge in [-0.3, -0.25) is 18.9 Å². The Bertz CT molecular complexity index is 1340. The van der Waals surface area contributed by atoms with Crippen molar-refractivity contribution in [2.45, 2.75) is 46.6 Å². The van der Waals surface area contributed by atoms with Gasteiger partial charge >= 0.3 is 0 Å². The smallest absolute Gasteiger partial charge is 0.267 e. The van der Waals surface area contributed by atoms with E-state index in [1.54, 1.807) is 21.6 Å². The highest BCUT2D eigenvalue weighted by molar-refractivity contribution is 8.26. The van der Waals surface area contributed by atoms with Gasteiger partial charge in [-0.1, -0.05) is 74.2 Å². The van der Waals surface area contributed by atoms with Gasteiger partial charge in [0.2, 0.25) is 0 Å². The lowest BCUT2D eigenvalue weighted by molar-refractivity contribution is -0.123. The molecule has 4 rings (SSSR count). The average molecular weight is 507 g/mol. The number of carbonyl (C=O) groups excluding carboxylic acids is 1. The Hall–Kier alpha value is -2.97. The van der Waals surface area contributed by atoms with E-state index in [1.807, 2.05) is 56.3 Å². The van der Waals surface area contributed by atoms with Gasteiger partial charge in [-0.2, -0.15) is 0 Å². The molecule has 1 fully saturated rings. The second-order valence-corrected chi connectivity index (χ2v) is 10.3. The fourth-order valence-electron chi connectivity index (χ4n) is 4.36. The van der Waals surface area contributed by atoms with Crippen molar-refractivity contribution in [2.75, 3.05) is 18.0 Å². The van der Waals surface area contributed by atoms with Gasteiger partial charge in [0.05, 0.1) is 16.5 Å². The molecule has 1 saturated heterocycles. The Kier molecular flexibility index (Phi) is 7.72. The van der Waals surface area contributed by atoms with Gasteiger partial charge in [-0.25, -0.2) is 4.98 Å². The van der Waals surface area contributed by atoms with E-state index < -0.39 is 0 Å². The van der Waals surface area contributed by atoms with Gasteiger partial charge in [0, 0.05) is 19.3 Å². The van der Waals surface area contributed by atoms with Crippen LogP contribution in [0.1, 0.15) is 56.3 Å². The van der Waals surface area contributed by atoms with Crippen LogP contribution < -0.4 is 10.5 Å². The summed E-state index contributed by atoms with van der Waals surface area (Å²) in [6, 6.07) is 13.4. The molecule has 182 valence electrons. The molecule has 0 N–H and O–H groups in total. The first-order chi connectivity index (χ1) is 16.9. The number of aryl methyl sites for hydroxylation is 1. The summed E-state index contributed by atoms with van der Waals surface area (Å²) in [5.74, 6) is 0.433. The van der Waals surface area contributed by atoms with Gasteiger partial charge in [-0.15, -0.1) is 0 Å². The Morgan fingerprint density at radius 2 is 1.77 bits per heavy atom. The Morgan fingerprint density at radius 3 is 2.43 bits per heavy atom. The van der Waals surface area contributed by atoms with Gasteiger partial charge in [0.1, 0.15) is 15.8 Å². The van der Waals surface area contributed by atoms with Crippen molar-refractivity contribution in [3.05, 3.63) is 80.6 Å². The topological polar surface area (TPSA) is 57.9 Å². The maximum absolute atomic E-state index is 13.7. The lowest BCUT2D eigenvalue weighted by Gasteiger charge is -2.25. The number of aromatic nitrogens is 2. The normalized spacial score (nSPS) is 15.9. The lowest BCUT2D eigenvalue weighted by atomic mass is 10.1. The Labute approximate surface area is 215 Å². The first kappa shape index (κ1) is 25.1. The number of thiocarbonyl (C=S) groups is 1. The first-order valence-corrected chi connectivity index (χ1v) is 13.2. The fourth-order valence-corrected chi connectivity index (χ4v) is 5.76. The summed E-state index contributed by atoms with van der Waals surface area (Å²) in [7, 11) is 0. The largest absolute Gasteiger partial charge is 0.356 e. The molecule has 3 heterocycles. The molecule has 1 amide bonds. The number of anilines is 1. The zero-order chi connectivity index (χ0) is 25.1. The average Bonchev–Trinajstić information content (AvgIpc) is 3.13. The monoisotopic (exact) mass is 506 g/mol. The van der Waals surface area contributed by atoms with Crippen molar-refractivity contribution in [3.8, 4) is 0 Å². The van der Waals surface area contributed by atoms with Crippen LogP contribution in [0.5, 0.6) is 0 Å². The number of thioether (sulfide) groups is 1. The van der Waals surface area contributed by atoms with Gasteiger partial charge in [0.15, 0.2) is 0 Å². The molecule has 35 heavy (non-hydrogen) atoms. The number of pyridine rings is 1. The zero-order valence-corrected chi connectivity index (χ0v) is 22.2. The number of benzene rings is 1. The van der Waals surface area contributed by atoms with Crippen LogP contribution in [0.4, 0.5) is 5.82 Å². The van der Waals surface area contributed by atoms with Crippen LogP contribution in [0, 0.1) is 6.92 Å². The number of rotatable bonds is 8. The molecule has 0 saturated carbocycles. The van der Waals surface area contributed by atoms with E-state index in [4.69, 9.17) is 17.2 Å². The summed E-state index contributed by atoms with van der Waals surface area (Å²) in [5.41, 5.74) is 2.79. The molecular weight excluding hydrogens is 476 g/mol. The van der Waals surface area contributed by atoms with E-state index >= 15 is 0 Å². The predicted molar refractivity (Wildman–Crippen MR) is 149 cm³/mol. The van der Waals surface area contributed by atoms with Crippen molar-refractivity contribution < 1.29 is 4.79 Å². The second kappa shape index (κ2) is 10.7. The SMILES string of the molecule is CCCN(CCC)c1nc2c(C)cccn2c(=O)c1/C=C1\SC(=S)N([C@@H](C)c2ccccc2)C1=O. The van der Waals surface area contributed by atoms with Crippen LogP contribution >= 0.6 is 24.0 Å².